The van der Waals surface area contributed by atoms with Crippen LogP contribution in [0, 0.1) is 11.3 Å². The fourth-order valence-corrected chi connectivity index (χ4v) is 6.06. The lowest BCUT2D eigenvalue weighted by atomic mass is 10.0. The van der Waals surface area contributed by atoms with Gasteiger partial charge < -0.3 is 10.7 Å². The number of hydrogen-bond acceptors (Lipinski definition) is 6. The van der Waals surface area contributed by atoms with Gasteiger partial charge in [0.15, 0.2) is 0 Å². The summed E-state index contributed by atoms with van der Waals surface area (Å²) in [5.41, 5.74) is 7.71. The molecule has 1 aromatic carbocycles. The van der Waals surface area contributed by atoms with E-state index >= 15 is 0 Å². The van der Waals surface area contributed by atoms with Gasteiger partial charge in [0.1, 0.15) is 5.65 Å². The number of hydrogen-bond donors (Lipinski definition) is 2. The third-order valence-electron chi connectivity index (χ3n) is 5.95. The number of fused-ring (bicyclic) bond motifs is 1. The Morgan fingerprint density at radius 1 is 1.29 bits per heavy atom. The van der Waals surface area contributed by atoms with E-state index in [1.54, 1.807) is 36.5 Å². The second kappa shape index (κ2) is 8.57. The number of aromatic nitrogens is 2. The van der Waals surface area contributed by atoms with Crippen LogP contribution in [-0.2, 0) is 10.0 Å². The minimum Gasteiger partial charge on any atom is -0.396 e. The average molecular weight is 439 g/mol. The van der Waals surface area contributed by atoms with Crippen LogP contribution in [0.25, 0.3) is 11.0 Å². The number of likely N-dealkylation sites (tertiary alicyclic amines) is 1. The number of nitrogens with zero attached hydrogens (tertiary/aromatic N) is 4. The molecule has 0 amide bonds. The summed E-state index contributed by atoms with van der Waals surface area (Å²) in [6.45, 7) is 3.47. The van der Waals surface area contributed by atoms with Crippen LogP contribution in [0.15, 0.2) is 53.7 Å². The number of nitriles is 1. The van der Waals surface area contributed by atoms with Gasteiger partial charge in [-0.3, -0.25) is 9.21 Å². The van der Waals surface area contributed by atoms with Crippen molar-refractivity contribution in [2.75, 3.05) is 23.1 Å². The van der Waals surface area contributed by atoms with E-state index in [0.29, 0.717) is 41.7 Å². The molecule has 0 radical (unpaired) electrons. The number of benzene rings is 1. The van der Waals surface area contributed by atoms with Gasteiger partial charge in [0, 0.05) is 36.8 Å². The van der Waals surface area contributed by atoms with Crippen molar-refractivity contribution in [2.24, 2.45) is 0 Å². The Balaban J connectivity index is 1.77. The first-order valence-corrected chi connectivity index (χ1v) is 11.8. The monoisotopic (exact) mass is 438 g/mol. The minimum atomic E-state index is -3.85. The van der Waals surface area contributed by atoms with Gasteiger partial charge in [-0.05, 0) is 38.0 Å². The molecule has 8 nitrogen and oxygen atoms in total. The van der Waals surface area contributed by atoms with Crippen molar-refractivity contribution in [3.05, 3.63) is 48.8 Å². The number of nitrogen functional groups attached to an aromatic ring is 1. The molecule has 4 rings (SSSR count). The zero-order chi connectivity index (χ0) is 22.0. The van der Waals surface area contributed by atoms with Gasteiger partial charge in [-0.1, -0.05) is 18.2 Å². The molecule has 2 aromatic heterocycles. The molecule has 1 atom stereocenters. The van der Waals surface area contributed by atoms with Gasteiger partial charge in [-0.25, -0.2) is 13.4 Å². The lowest BCUT2D eigenvalue weighted by Crippen LogP contribution is -2.49. The van der Waals surface area contributed by atoms with E-state index in [1.807, 2.05) is 13.0 Å². The Hall–Kier alpha value is -3.09. The first-order valence-electron chi connectivity index (χ1n) is 10.4. The van der Waals surface area contributed by atoms with Crippen molar-refractivity contribution in [2.45, 2.75) is 43.2 Å². The van der Waals surface area contributed by atoms with Gasteiger partial charge in [0.2, 0.25) is 0 Å². The second-order valence-electron chi connectivity index (χ2n) is 7.89. The molecule has 0 spiro atoms. The molecule has 3 N–H and O–H groups in total. The number of rotatable bonds is 6. The molecule has 0 bridgehead atoms. The molecule has 1 fully saturated rings. The normalized spacial score (nSPS) is 16.8. The van der Waals surface area contributed by atoms with Crippen LogP contribution in [0.5, 0.6) is 0 Å². The summed E-state index contributed by atoms with van der Waals surface area (Å²) in [4.78, 5) is 9.82. The van der Waals surface area contributed by atoms with Crippen LogP contribution in [0.3, 0.4) is 0 Å². The molecule has 162 valence electrons. The highest BCUT2D eigenvalue weighted by Gasteiger charge is 2.37. The highest BCUT2D eigenvalue weighted by Crippen LogP contribution is 2.38. The first-order chi connectivity index (χ1) is 14.9. The maximum atomic E-state index is 13.9. The van der Waals surface area contributed by atoms with Gasteiger partial charge in [0.05, 0.1) is 35.0 Å². The zero-order valence-corrected chi connectivity index (χ0v) is 18.2. The van der Waals surface area contributed by atoms with Crippen molar-refractivity contribution in [1.82, 2.24) is 14.9 Å². The standard InChI is InChI=1S/C22H26N6O2S/c1-16(7-11-23)27-13-9-17(10-14-27)28(31(29,30)18-5-3-2-4-6-18)21-19-8-12-25-22(19)26-15-20(21)24/h2-6,8,12,15-17H,7,9-10,13-14,24H2,1H3,(H,25,26). The highest BCUT2D eigenvalue weighted by molar-refractivity contribution is 7.93. The summed E-state index contributed by atoms with van der Waals surface area (Å²) >= 11 is 0. The number of pyridine rings is 1. The average Bonchev–Trinajstić information content (AvgIpc) is 3.25. The summed E-state index contributed by atoms with van der Waals surface area (Å²) in [6, 6.07) is 12.4. The molecule has 9 heteroatoms. The molecule has 1 saturated heterocycles. The van der Waals surface area contributed by atoms with E-state index in [0.717, 1.165) is 13.1 Å². The Labute approximate surface area is 182 Å². The quantitative estimate of drug-likeness (QED) is 0.610. The van der Waals surface area contributed by atoms with E-state index in [9.17, 15) is 8.42 Å². The maximum absolute atomic E-state index is 13.9. The van der Waals surface area contributed by atoms with Crippen LogP contribution in [0.2, 0.25) is 0 Å². The van der Waals surface area contributed by atoms with E-state index in [2.05, 4.69) is 20.9 Å². The first kappa shape index (κ1) is 21.2. The number of anilines is 2. The largest absolute Gasteiger partial charge is 0.396 e. The summed E-state index contributed by atoms with van der Waals surface area (Å²) in [6.07, 6.45) is 4.99. The molecule has 0 aliphatic carbocycles. The van der Waals surface area contributed by atoms with E-state index in [-0.39, 0.29) is 17.0 Å². The number of piperidine rings is 1. The fraction of sp³-hybridized carbons (Fsp3) is 0.364. The number of sulfonamides is 1. The van der Waals surface area contributed by atoms with Crippen molar-refractivity contribution in [1.29, 1.82) is 5.26 Å². The third-order valence-corrected chi connectivity index (χ3v) is 7.81. The van der Waals surface area contributed by atoms with E-state index in [1.165, 1.54) is 10.5 Å². The minimum absolute atomic E-state index is 0.146. The Bertz CT molecular complexity index is 1190. The predicted octanol–water partition coefficient (Wildman–Crippen LogP) is 3.11. The van der Waals surface area contributed by atoms with Gasteiger partial charge in [0.25, 0.3) is 10.0 Å². The van der Waals surface area contributed by atoms with Crippen LogP contribution in [0.1, 0.15) is 26.2 Å². The highest BCUT2D eigenvalue weighted by atomic mass is 32.2. The number of nitrogens with one attached hydrogen (secondary N) is 1. The topological polar surface area (TPSA) is 119 Å². The Morgan fingerprint density at radius 3 is 2.68 bits per heavy atom. The lowest BCUT2D eigenvalue weighted by molar-refractivity contribution is 0.165. The SMILES string of the molecule is CC(CC#N)N1CCC(N(c2c(N)cnc3[nH]ccc23)S(=O)(=O)c2ccccc2)CC1. The van der Waals surface area contributed by atoms with Crippen LogP contribution >= 0.6 is 0 Å². The molecule has 3 aromatic rings. The smallest absolute Gasteiger partial charge is 0.264 e. The van der Waals surface area contributed by atoms with Crippen molar-refractivity contribution in [3.63, 3.8) is 0 Å². The number of aromatic amines is 1. The van der Waals surface area contributed by atoms with Crippen molar-refractivity contribution in [3.8, 4) is 6.07 Å². The summed E-state index contributed by atoms with van der Waals surface area (Å²) in [7, 11) is -3.85. The number of H-pyrrole nitrogens is 1. The zero-order valence-electron chi connectivity index (χ0n) is 17.4. The third kappa shape index (κ3) is 3.96. The molecule has 3 heterocycles. The molecular formula is C22H26N6O2S. The van der Waals surface area contributed by atoms with E-state index in [4.69, 9.17) is 11.0 Å². The van der Waals surface area contributed by atoms with Gasteiger partial charge in [-0.2, -0.15) is 5.26 Å². The molecule has 1 aliphatic rings. The van der Waals surface area contributed by atoms with Crippen molar-refractivity contribution < 1.29 is 8.42 Å². The molecule has 1 unspecified atom stereocenters. The van der Waals surface area contributed by atoms with Gasteiger partial charge >= 0.3 is 0 Å². The van der Waals surface area contributed by atoms with Gasteiger partial charge in [-0.15, -0.1) is 0 Å². The Morgan fingerprint density at radius 2 is 2.00 bits per heavy atom. The Kier molecular flexibility index (Phi) is 5.85. The molecule has 0 saturated carbocycles. The van der Waals surface area contributed by atoms with Crippen LogP contribution in [-0.4, -0.2) is 48.5 Å². The van der Waals surface area contributed by atoms with Crippen LogP contribution < -0.4 is 10.0 Å². The maximum Gasteiger partial charge on any atom is 0.264 e. The molecular weight excluding hydrogens is 412 g/mol. The predicted molar refractivity (Wildman–Crippen MR) is 121 cm³/mol. The lowest BCUT2D eigenvalue weighted by Gasteiger charge is -2.41. The van der Waals surface area contributed by atoms with Crippen molar-refractivity contribution >= 4 is 32.4 Å². The number of nitrogens with two attached hydrogens (primary N) is 1. The molecule has 31 heavy (non-hydrogen) atoms. The summed E-state index contributed by atoms with van der Waals surface area (Å²) < 4.78 is 29.2. The van der Waals surface area contributed by atoms with Crippen LogP contribution in [0.4, 0.5) is 11.4 Å². The molecule has 1 aliphatic heterocycles. The second-order valence-corrected chi connectivity index (χ2v) is 9.71. The fourth-order valence-electron chi connectivity index (χ4n) is 4.28. The summed E-state index contributed by atoms with van der Waals surface area (Å²) in [5.74, 6) is 0. The van der Waals surface area contributed by atoms with E-state index < -0.39 is 10.0 Å². The summed E-state index contributed by atoms with van der Waals surface area (Å²) in [5, 5.41) is 9.69.